The topological polar surface area (TPSA) is 26.0 Å². The first kappa shape index (κ1) is 9.33. The molecule has 14 heavy (non-hydrogen) atoms. The Balaban J connectivity index is 2.84. The van der Waals surface area contributed by atoms with Crippen LogP contribution in [0.4, 0.5) is 18.2 Å². The molecule has 1 nitrogen and oxygen atoms in total. The number of hydrogen-bond acceptors (Lipinski definition) is 2. The third-order valence-corrected chi connectivity index (χ3v) is 2.91. The maximum Gasteiger partial charge on any atom is 0.264 e. The summed E-state index contributed by atoms with van der Waals surface area (Å²) in [5.74, 6) is -0.735. The molecule has 0 unspecified atom stereocenters. The van der Waals surface area contributed by atoms with Crippen LogP contribution in [0, 0.1) is 5.82 Å². The van der Waals surface area contributed by atoms with Crippen molar-refractivity contribution in [2.24, 2.45) is 0 Å². The predicted molar refractivity (Wildman–Crippen MR) is 51.2 cm³/mol. The molecular formula is C9H6F3NS. The van der Waals surface area contributed by atoms with Gasteiger partial charge in [0.1, 0.15) is 5.00 Å². The fourth-order valence-corrected chi connectivity index (χ4v) is 2.22. The Kier molecular flexibility index (Phi) is 2.11. The SMILES string of the molecule is Nc1sc2cccc(C(F)F)c2c1F. The van der Waals surface area contributed by atoms with E-state index in [-0.39, 0.29) is 16.0 Å². The molecule has 0 aliphatic carbocycles. The van der Waals surface area contributed by atoms with Gasteiger partial charge in [-0.25, -0.2) is 13.2 Å². The second kappa shape index (κ2) is 3.16. The molecule has 5 heteroatoms. The lowest BCUT2D eigenvalue weighted by atomic mass is 10.1. The molecule has 1 aromatic carbocycles. The summed E-state index contributed by atoms with van der Waals surface area (Å²) < 4.78 is 38.8. The molecule has 74 valence electrons. The van der Waals surface area contributed by atoms with E-state index in [1.54, 1.807) is 6.07 Å². The van der Waals surface area contributed by atoms with Crippen LogP contribution < -0.4 is 5.73 Å². The van der Waals surface area contributed by atoms with E-state index in [9.17, 15) is 13.2 Å². The van der Waals surface area contributed by atoms with Gasteiger partial charge in [0.05, 0.1) is 0 Å². The van der Waals surface area contributed by atoms with Crippen molar-refractivity contribution in [3.05, 3.63) is 29.6 Å². The molecular weight excluding hydrogens is 211 g/mol. The minimum atomic E-state index is -2.68. The molecule has 2 aromatic rings. The number of anilines is 1. The molecule has 0 aliphatic rings. The quantitative estimate of drug-likeness (QED) is 0.776. The summed E-state index contributed by atoms with van der Waals surface area (Å²) in [6, 6.07) is 4.26. The number of alkyl halides is 2. The minimum absolute atomic E-state index is 0.0481. The fraction of sp³-hybridized carbons (Fsp3) is 0.111. The average Bonchev–Trinajstić information content (AvgIpc) is 2.43. The zero-order valence-corrected chi connectivity index (χ0v) is 7.75. The Morgan fingerprint density at radius 1 is 1.29 bits per heavy atom. The van der Waals surface area contributed by atoms with Crippen LogP contribution in [-0.2, 0) is 0 Å². The van der Waals surface area contributed by atoms with Crippen LogP contribution in [0.5, 0.6) is 0 Å². The van der Waals surface area contributed by atoms with E-state index in [1.165, 1.54) is 12.1 Å². The second-order valence-electron chi connectivity index (χ2n) is 2.80. The maximum atomic E-state index is 13.3. The first-order valence-corrected chi connectivity index (χ1v) is 4.67. The van der Waals surface area contributed by atoms with E-state index in [4.69, 9.17) is 5.73 Å². The zero-order chi connectivity index (χ0) is 10.3. The number of nitrogens with two attached hydrogens (primary N) is 1. The van der Waals surface area contributed by atoms with Crippen LogP contribution >= 0.6 is 11.3 Å². The molecule has 1 heterocycles. The van der Waals surface area contributed by atoms with E-state index < -0.39 is 12.2 Å². The fourth-order valence-electron chi connectivity index (χ4n) is 1.34. The number of thiophene rings is 1. The van der Waals surface area contributed by atoms with Gasteiger partial charge in [0.15, 0.2) is 5.82 Å². The molecule has 0 radical (unpaired) electrons. The highest BCUT2D eigenvalue weighted by Crippen LogP contribution is 2.37. The van der Waals surface area contributed by atoms with Crippen LogP contribution in [0.1, 0.15) is 12.0 Å². The Morgan fingerprint density at radius 2 is 2.00 bits per heavy atom. The second-order valence-corrected chi connectivity index (χ2v) is 3.89. The summed E-state index contributed by atoms with van der Waals surface area (Å²) in [6.45, 7) is 0. The van der Waals surface area contributed by atoms with Gasteiger partial charge in [-0.05, 0) is 6.07 Å². The normalized spacial score (nSPS) is 11.4. The van der Waals surface area contributed by atoms with Crippen molar-refractivity contribution in [2.75, 3.05) is 5.73 Å². The van der Waals surface area contributed by atoms with Crippen molar-refractivity contribution < 1.29 is 13.2 Å². The number of hydrogen-bond donors (Lipinski definition) is 1. The van der Waals surface area contributed by atoms with Gasteiger partial charge < -0.3 is 5.73 Å². The molecule has 2 N–H and O–H groups in total. The third-order valence-electron chi connectivity index (χ3n) is 1.95. The lowest BCUT2D eigenvalue weighted by Gasteiger charge is -2.00. The van der Waals surface area contributed by atoms with Crippen molar-refractivity contribution in [3.8, 4) is 0 Å². The number of fused-ring (bicyclic) bond motifs is 1. The highest BCUT2D eigenvalue weighted by molar-refractivity contribution is 7.22. The molecule has 0 aliphatic heterocycles. The lowest BCUT2D eigenvalue weighted by molar-refractivity contribution is 0.153. The van der Waals surface area contributed by atoms with Gasteiger partial charge in [-0.15, -0.1) is 11.3 Å². The average molecular weight is 217 g/mol. The number of benzene rings is 1. The molecule has 0 atom stereocenters. The van der Waals surface area contributed by atoms with Crippen LogP contribution in [0.15, 0.2) is 18.2 Å². The Labute approximate surface area is 82.0 Å². The zero-order valence-electron chi connectivity index (χ0n) is 6.93. The number of halogens is 3. The van der Waals surface area contributed by atoms with Crippen LogP contribution in [0.25, 0.3) is 10.1 Å². The van der Waals surface area contributed by atoms with Crippen LogP contribution in [0.2, 0.25) is 0 Å². The van der Waals surface area contributed by atoms with E-state index in [1.807, 2.05) is 0 Å². The summed E-state index contributed by atoms with van der Waals surface area (Å²) in [4.78, 5) is 0. The smallest absolute Gasteiger partial charge is 0.264 e. The van der Waals surface area contributed by atoms with E-state index in [0.717, 1.165) is 11.3 Å². The van der Waals surface area contributed by atoms with Crippen molar-refractivity contribution >= 4 is 26.4 Å². The molecule has 2 rings (SSSR count). The summed E-state index contributed by atoms with van der Waals surface area (Å²) >= 11 is 0.980. The van der Waals surface area contributed by atoms with Crippen molar-refractivity contribution in [1.29, 1.82) is 0 Å². The molecule has 0 saturated heterocycles. The van der Waals surface area contributed by atoms with E-state index in [0.29, 0.717) is 4.70 Å². The van der Waals surface area contributed by atoms with Gasteiger partial charge in [0.2, 0.25) is 0 Å². The Hall–Kier alpha value is -1.23. The maximum absolute atomic E-state index is 13.3. The highest BCUT2D eigenvalue weighted by atomic mass is 32.1. The van der Waals surface area contributed by atoms with Gasteiger partial charge in [-0.1, -0.05) is 12.1 Å². The van der Waals surface area contributed by atoms with Crippen LogP contribution in [-0.4, -0.2) is 0 Å². The first-order valence-electron chi connectivity index (χ1n) is 3.86. The summed E-state index contributed by atoms with van der Waals surface area (Å²) in [5.41, 5.74) is 5.02. The van der Waals surface area contributed by atoms with Crippen LogP contribution in [0.3, 0.4) is 0 Å². The molecule has 0 fully saturated rings. The highest BCUT2D eigenvalue weighted by Gasteiger charge is 2.18. The first-order chi connectivity index (χ1) is 6.61. The van der Waals surface area contributed by atoms with E-state index in [2.05, 4.69) is 0 Å². The summed E-state index contributed by atoms with van der Waals surface area (Å²) in [5, 5.41) is -0.0990. The Bertz CT molecular complexity index is 478. The van der Waals surface area contributed by atoms with Crippen molar-refractivity contribution in [2.45, 2.75) is 6.43 Å². The standard InChI is InChI=1S/C9H6F3NS/c10-7-6-4(8(11)12)2-1-3-5(6)14-9(7)13/h1-3,8H,13H2. The van der Waals surface area contributed by atoms with Gasteiger partial charge in [-0.3, -0.25) is 0 Å². The lowest BCUT2D eigenvalue weighted by Crippen LogP contribution is -1.88. The summed E-state index contributed by atoms with van der Waals surface area (Å²) in [6.07, 6.45) is -2.68. The monoisotopic (exact) mass is 217 g/mol. The summed E-state index contributed by atoms with van der Waals surface area (Å²) in [7, 11) is 0. The minimum Gasteiger partial charge on any atom is -0.388 e. The van der Waals surface area contributed by atoms with Crippen molar-refractivity contribution in [3.63, 3.8) is 0 Å². The van der Waals surface area contributed by atoms with Gasteiger partial charge in [0, 0.05) is 15.6 Å². The number of rotatable bonds is 1. The molecule has 0 saturated carbocycles. The number of nitrogen functional groups attached to an aromatic ring is 1. The molecule has 0 bridgehead atoms. The predicted octanol–water partition coefficient (Wildman–Crippen LogP) is 3.56. The van der Waals surface area contributed by atoms with Crippen molar-refractivity contribution in [1.82, 2.24) is 0 Å². The van der Waals surface area contributed by atoms with Gasteiger partial charge >= 0.3 is 0 Å². The largest absolute Gasteiger partial charge is 0.388 e. The van der Waals surface area contributed by atoms with Gasteiger partial charge in [0.25, 0.3) is 6.43 Å². The molecule has 0 spiro atoms. The van der Waals surface area contributed by atoms with E-state index >= 15 is 0 Å². The molecule has 1 aromatic heterocycles. The molecule has 0 amide bonds. The van der Waals surface area contributed by atoms with Gasteiger partial charge in [-0.2, -0.15) is 0 Å². The third kappa shape index (κ3) is 1.24. The Morgan fingerprint density at radius 3 is 2.64 bits per heavy atom.